The van der Waals surface area contributed by atoms with Crippen LogP contribution in [-0.4, -0.2) is 11.4 Å². The van der Waals surface area contributed by atoms with Gasteiger partial charge in [0.2, 0.25) is 0 Å². The minimum atomic E-state index is -4.48. The molecule has 1 aliphatic rings. The molecule has 128 valence electrons. The Morgan fingerprint density at radius 2 is 1.54 bits per heavy atom. The average Bonchev–Trinajstić information content (AvgIpc) is 3.08. The molecule has 24 heavy (non-hydrogen) atoms. The quantitative estimate of drug-likeness (QED) is 0.545. The molecule has 0 heterocycles. The molecule has 3 rings (SSSR count). The molecule has 0 N–H and O–H groups in total. The summed E-state index contributed by atoms with van der Waals surface area (Å²) in [4.78, 5) is 0. The van der Waals surface area contributed by atoms with E-state index in [4.69, 9.17) is 39.5 Å². The number of hydrogen-bond acceptors (Lipinski definition) is 1. The van der Waals surface area contributed by atoms with E-state index in [1.54, 1.807) is 31.4 Å². The highest BCUT2D eigenvalue weighted by molar-refractivity contribution is 6.52. The van der Waals surface area contributed by atoms with Gasteiger partial charge in [0, 0.05) is 16.9 Å². The summed E-state index contributed by atoms with van der Waals surface area (Å²) < 4.78 is 42.9. The van der Waals surface area contributed by atoms with Crippen LogP contribution in [-0.2, 0) is 6.18 Å². The standard InChI is InChI=1S/C17H12Cl3F3O/c1-24-13-4-2-9(3-5-13)14-15(16(14,19)20)10-6-11(17(21,22)23)8-12(18)7-10/h2-8,14-15H,1H3. The number of halogens is 6. The second-order valence-electron chi connectivity index (χ2n) is 5.67. The molecule has 1 fully saturated rings. The monoisotopic (exact) mass is 394 g/mol. The van der Waals surface area contributed by atoms with Crippen molar-refractivity contribution >= 4 is 34.8 Å². The molecule has 0 aromatic heterocycles. The van der Waals surface area contributed by atoms with Crippen molar-refractivity contribution in [2.45, 2.75) is 22.3 Å². The van der Waals surface area contributed by atoms with E-state index in [0.29, 0.717) is 11.3 Å². The zero-order valence-corrected chi connectivity index (χ0v) is 14.6. The number of alkyl halides is 5. The van der Waals surface area contributed by atoms with E-state index in [0.717, 1.165) is 17.7 Å². The van der Waals surface area contributed by atoms with Crippen molar-refractivity contribution in [3.8, 4) is 5.75 Å². The zero-order chi connectivity index (χ0) is 17.7. The predicted octanol–water partition coefficient (Wildman–Crippen LogP) is 6.42. The van der Waals surface area contributed by atoms with Crippen molar-refractivity contribution in [3.05, 3.63) is 64.2 Å². The van der Waals surface area contributed by atoms with Crippen LogP contribution >= 0.6 is 34.8 Å². The lowest BCUT2D eigenvalue weighted by atomic mass is 10.0. The Balaban J connectivity index is 1.96. The van der Waals surface area contributed by atoms with Gasteiger partial charge in [0.1, 0.15) is 10.1 Å². The molecule has 0 aliphatic heterocycles. The van der Waals surface area contributed by atoms with Gasteiger partial charge in [-0.05, 0) is 41.5 Å². The molecule has 1 aliphatic carbocycles. The third-order valence-corrected chi connectivity index (χ3v) is 5.29. The first-order chi connectivity index (χ1) is 11.1. The molecule has 1 saturated carbocycles. The van der Waals surface area contributed by atoms with E-state index < -0.39 is 22.0 Å². The number of ether oxygens (including phenoxy) is 1. The highest BCUT2D eigenvalue weighted by Crippen LogP contribution is 2.70. The van der Waals surface area contributed by atoms with Crippen molar-refractivity contribution in [2.24, 2.45) is 0 Å². The van der Waals surface area contributed by atoms with E-state index in [9.17, 15) is 13.2 Å². The first-order valence-corrected chi connectivity index (χ1v) is 8.17. The zero-order valence-electron chi connectivity index (χ0n) is 12.4. The Bertz CT molecular complexity index is 757. The highest BCUT2D eigenvalue weighted by Gasteiger charge is 2.64. The van der Waals surface area contributed by atoms with Crippen LogP contribution in [0.4, 0.5) is 13.2 Å². The van der Waals surface area contributed by atoms with E-state index in [1.165, 1.54) is 6.07 Å². The number of hydrogen-bond donors (Lipinski definition) is 0. The molecule has 0 amide bonds. The Morgan fingerprint density at radius 3 is 2.08 bits per heavy atom. The summed E-state index contributed by atoms with van der Waals surface area (Å²) in [6.45, 7) is 0. The topological polar surface area (TPSA) is 9.23 Å². The fourth-order valence-corrected chi connectivity index (χ4v) is 4.05. The first-order valence-electron chi connectivity index (χ1n) is 7.04. The largest absolute Gasteiger partial charge is 0.497 e. The van der Waals surface area contributed by atoms with Crippen LogP contribution in [0.5, 0.6) is 5.75 Å². The van der Waals surface area contributed by atoms with Crippen LogP contribution in [0.25, 0.3) is 0 Å². The lowest BCUT2D eigenvalue weighted by Gasteiger charge is -2.10. The molecular formula is C17H12Cl3F3O. The van der Waals surface area contributed by atoms with Gasteiger partial charge in [-0.3, -0.25) is 0 Å². The Morgan fingerprint density at radius 1 is 0.958 bits per heavy atom. The summed E-state index contributed by atoms with van der Waals surface area (Å²) in [5.41, 5.74) is 0.398. The Hall–Kier alpha value is -1.10. The highest BCUT2D eigenvalue weighted by atomic mass is 35.5. The van der Waals surface area contributed by atoms with Crippen LogP contribution in [0.1, 0.15) is 28.5 Å². The SMILES string of the molecule is COc1ccc(C2C(c3cc(Cl)cc(C(F)(F)F)c3)C2(Cl)Cl)cc1. The van der Waals surface area contributed by atoms with Gasteiger partial charge in [0.05, 0.1) is 12.7 Å². The van der Waals surface area contributed by atoms with Gasteiger partial charge in [-0.15, -0.1) is 23.2 Å². The van der Waals surface area contributed by atoms with E-state index >= 15 is 0 Å². The molecule has 0 spiro atoms. The van der Waals surface area contributed by atoms with Gasteiger partial charge in [-0.1, -0.05) is 23.7 Å². The van der Waals surface area contributed by atoms with Crippen LogP contribution in [0, 0.1) is 0 Å². The van der Waals surface area contributed by atoms with Crippen LogP contribution in [0.3, 0.4) is 0 Å². The fraction of sp³-hybridized carbons (Fsp3) is 0.294. The average molecular weight is 396 g/mol. The van der Waals surface area contributed by atoms with E-state index in [-0.39, 0.29) is 10.9 Å². The van der Waals surface area contributed by atoms with Gasteiger partial charge >= 0.3 is 6.18 Å². The van der Waals surface area contributed by atoms with Crippen LogP contribution < -0.4 is 4.74 Å². The predicted molar refractivity (Wildman–Crippen MR) is 89.4 cm³/mol. The maximum absolute atomic E-state index is 13.0. The Labute approximate surface area is 152 Å². The van der Waals surface area contributed by atoms with Gasteiger partial charge in [-0.2, -0.15) is 13.2 Å². The van der Waals surface area contributed by atoms with Gasteiger partial charge < -0.3 is 4.74 Å². The molecule has 1 nitrogen and oxygen atoms in total. The molecule has 7 heteroatoms. The van der Waals surface area contributed by atoms with Crippen LogP contribution in [0.15, 0.2) is 42.5 Å². The van der Waals surface area contributed by atoms with Crippen molar-refractivity contribution in [3.63, 3.8) is 0 Å². The molecule has 0 radical (unpaired) electrons. The summed E-state index contributed by atoms with van der Waals surface area (Å²) in [5.74, 6) is -0.104. The lowest BCUT2D eigenvalue weighted by Crippen LogP contribution is -2.06. The molecule has 2 atom stereocenters. The van der Waals surface area contributed by atoms with Gasteiger partial charge in [0.15, 0.2) is 0 Å². The summed E-state index contributed by atoms with van der Waals surface area (Å²) in [7, 11) is 1.55. The summed E-state index contributed by atoms with van der Waals surface area (Å²) in [5, 5.41) is 0.00402. The maximum Gasteiger partial charge on any atom is 0.416 e. The van der Waals surface area contributed by atoms with E-state index in [1.807, 2.05) is 0 Å². The Kier molecular flexibility index (Phi) is 4.44. The third-order valence-electron chi connectivity index (χ3n) is 4.14. The van der Waals surface area contributed by atoms with Gasteiger partial charge in [-0.25, -0.2) is 0 Å². The molecule has 2 aromatic carbocycles. The van der Waals surface area contributed by atoms with Gasteiger partial charge in [0.25, 0.3) is 0 Å². The summed E-state index contributed by atoms with van der Waals surface area (Å²) in [6.07, 6.45) is -4.48. The van der Waals surface area contributed by atoms with Crippen molar-refractivity contribution < 1.29 is 17.9 Å². The lowest BCUT2D eigenvalue weighted by molar-refractivity contribution is -0.137. The number of methoxy groups -OCH3 is 1. The molecule has 2 aromatic rings. The molecule has 2 unspecified atom stereocenters. The second-order valence-corrected chi connectivity index (χ2v) is 7.55. The smallest absolute Gasteiger partial charge is 0.416 e. The summed E-state index contributed by atoms with van der Waals surface area (Å²) in [6, 6.07) is 10.5. The fourth-order valence-electron chi connectivity index (χ4n) is 2.92. The molecule has 0 saturated heterocycles. The van der Waals surface area contributed by atoms with Crippen molar-refractivity contribution in [2.75, 3.05) is 7.11 Å². The van der Waals surface area contributed by atoms with Crippen LogP contribution in [0.2, 0.25) is 5.02 Å². The summed E-state index contributed by atoms with van der Waals surface area (Å²) >= 11 is 18.5. The number of benzene rings is 2. The minimum Gasteiger partial charge on any atom is -0.497 e. The minimum absolute atomic E-state index is 0.00402. The third kappa shape index (κ3) is 3.19. The van der Waals surface area contributed by atoms with Crippen molar-refractivity contribution in [1.29, 1.82) is 0 Å². The first kappa shape index (κ1) is 17.7. The van der Waals surface area contributed by atoms with E-state index in [2.05, 4.69) is 0 Å². The second kappa shape index (κ2) is 6.01. The molecule has 0 bridgehead atoms. The maximum atomic E-state index is 13.0. The van der Waals surface area contributed by atoms with Crippen molar-refractivity contribution in [1.82, 2.24) is 0 Å². The molecular weight excluding hydrogens is 384 g/mol. The number of rotatable bonds is 3. The normalized spacial score (nSPS) is 22.3.